The number of benzene rings is 2. The molecule has 0 bridgehead atoms. The van der Waals surface area contributed by atoms with Crippen molar-refractivity contribution in [3.63, 3.8) is 0 Å². The molecule has 30 heavy (non-hydrogen) atoms. The van der Waals surface area contributed by atoms with Gasteiger partial charge in [-0.05, 0) is 62.4 Å². The fourth-order valence-electron chi connectivity index (χ4n) is 3.68. The van der Waals surface area contributed by atoms with Gasteiger partial charge in [-0.2, -0.15) is 0 Å². The molecule has 0 aliphatic carbocycles. The first-order chi connectivity index (χ1) is 14.1. The molecule has 1 aliphatic heterocycles. The molecule has 2 N–H and O–H groups in total. The topological polar surface area (TPSA) is 88.0 Å². The summed E-state index contributed by atoms with van der Waals surface area (Å²) >= 11 is 0. The zero-order chi connectivity index (χ0) is 21.9. The van der Waals surface area contributed by atoms with Crippen LogP contribution < -0.4 is 5.32 Å². The molecule has 0 saturated carbocycles. The fourth-order valence-corrected chi connectivity index (χ4v) is 5.29. The van der Waals surface area contributed by atoms with E-state index in [-0.39, 0.29) is 25.5 Å². The van der Waals surface area contributed by atoms with Gasteiger partial charge in [-0.1, -0.05) is 36.4 Å². The number of amidine groups is 1. The van der Waals surface area contributed by atoms with Gasteiger partial charge in [0.2, 0.25) is 0 Å². The quantitative estimate of drug-likeness (QED) is 0.729. The monoisotopic (exact) mass is 434 g/mol. The minimum atomic E-state index is -3.88. The Morgan fingerprint density at radius 3 is 2.57 bits per heavy atom. The van der Waals surface area contributed by atoms with Crippen LogP contribution in [-0.2, 0) is 21.2 Å². The van der Waals surface area contributed by atoms with Crippen molar-refractivity contribution in [1.29, 1.82) is 0 Å². The van der Waals surface area contributed by atoms with E-state index in [0.29, 0.717) is 5.56 Å². The van der Waals surface area contributed by atoms with Crippen molar-refractivity contribution < 1.29 is 22.7 Å². The third kappa shape index (κ3) is 4.99. The van der Waals surface area contributed by atoms with E-state index in [1.54, 1.807) is 19.9 Å². The third-order valence-corrected chi connectivity index (χ3v) is 7.17. The van der Waals surface area contributed by atoms with E-state index in [1.807, 2.05) is 37.3 Å². The molecule has 0 aromatic heterocycles. The van der Waals surface area contributed by atoms with E-state index >= 15 is 0 Å². The summed E-state index contributed by atoms with van der Waals surface area (Å²) in [6, 6.07) is 13.0. The molecule has 1 heterocycles. The maximum absolute atomic E-state index is 13.8. The Labute approximate surface area is 176 Å². The number of aliphatic hydroxyl groups excluding tert-OH is 1. The number of nitrogens with one attached hydrogen (secondary N) is 1. The Kier molecular flexibility index (Phi) is 6.47. The number of hydrogen-bond donors (Lipinski definition) is 2. The van der Waals surface area contributed by atoms with Crippen molar-refractivity contribution in [1.82, 2.24) is 5.32 Å². The minimum Gasteiger partial charge on any atom is -0.457 e. The van der Waals surface area contributed by atoms with Crippen LogP contribution in [0, 0.1) is 12.7 Å². The Morgan fingerprint density at radius 2 is 1.93 bits per heavy atom. The molecular weight excluding hydrogens is 407 g/mol. The highest BCUT2D eigenvalue weighted by molar-refractivity contribution is 7.91. The Hall–Kier alpha value is -2.45. The van der Waals surface area contributed by atoms with Crippen molar-refractivity contribution >= 4 is 16.0 Å². The molecule has 0 radical (unpaired) electrons. The van der Waals surface area contributed by atoms with Crippen molar-refractivity contribution in [2.24, 2.45) is 4.40 Å². The molecule has 2 aromatic carbocycles. The van der Waals surface area contributed by atoms with Crippen LogP contribution in [0.4, 0.5) is 4.39 Å². The van der Waals surface area contributed by atoms with Gasteiger partial charge in [-0.3, -0.25) is 0 Å². The smallest absolute Gasteiger partial charge is 0.301 e. The van der Waals surface area contributed by atoms with Gasteiger partial charge in [0, 0.05) is 6.61 Å². The largest absolute Gasteiger partial charge is 0.457 e. The zero-order valence-corrected chi connectivity index (χ0v) is 18.1. The van der Waals surface area contributed by atoms with Gasteiger partial charge in [0.15, 0.2) is 0 Å². The predicted octanol–water partition coefficient (Wildman–Crippen LogP) is 3.25. The lowest BCUT2D eigenvalue weighted by Gasteiger charge is -2.38. The van der Waals surface area contributed by atoms with Crippen LogP contribution in [0.15, 0.2) is 52.9 Å². The molecule has 0 saturated heterocycles. The predicted molar refractivity (Wildman–Crippen MR) is 114 cm³/mol. The number of nitrogens with zero attached hydrogens (tertiary/aromatic N) is 1. The lowest BCUT2D eigenvalue weighted by atomic mass is 9.97. The van der Waals surface area contributed by atoms with Crippen molar-refractivity contribution in [2.45, 2.75) is 50.5 Å². The van der Waals surface area contributed by atoms with Crippen LogP contribution in [0.3, 0.4) is 0 Å². The second kappa shape index (κ2) is 8.73. The van der Waals surface area contributed by atoms with Gasteiger partial charge in [-0.15, -0.1) is 4.40 Å². The summed E-state index contributed by atoms with van der Waals surface area (Å²) in [5.74, 6) is -0.414. The van der Waals surface area contributed by atoms with Gasteiger partial charge < -0.3 is 15.2 Å². The van der Waals surface area contributed by atoms with Crippen molar-refractivity contribution in [2.75, 3.05) is 6.61 Å². The van der Waals surface area contributed by atoms with E-state index in [0.717, 1.165) is 11.1 Å². The van der Waals surface area contributed by atoms with Crippen LogP contribution in [0.25, 0.3) is 0 Å². The highest BCUT2D eigenvalue weighted by Gasteiger charge is 2.46. The van der Waals surface area contributed by atoms with Gasteiger partial charge in [0.1, 0.15) is 16.7 Å². The van der Waals surface area contributed by atoms with E-state index < -0.39 is 32.7 Å². The van der Waals surface area contributed by atoms with Crippen LogP contribution in [-0.4, -0.2) is 37.0 Å². The molecule has 0 amide bonds. The lowest BCUT2D eigenvalue weighted by Crippen LogP contribution is -2.53. The summed E-state index contributed by atoms with van der Waals surface area (Å²) in [6.45, 7) is 5.07. The maximum atomic E-state index is 13.8. The molecule has 3 rings (SSSR count). The van der Waals surface area contributed by atoms with Gasteiger partial charge in [0.25, 0.3) is 10.0 Å². The first-order valence-corrected chi connectivity index (χ1v) is 11.3. The van der Waals surface area contributed by atoms with E-state index in [9.17, 15) is 17.9 Å². The first-order valence-electron chi connectivity index (χ1n) is 9.82. The maximum Gasteiger partial charge on any atom is 0.301 e. The average Bonchev–Trinajstić information content (AvgIpc) is 2.66. The van der Waals surface area contributed by atoms with Gasteiger partial charge in [0.05, 0.1) is 6.04 Å². The number of hydrogen-bond acceptors (Lipinski definition) is 5. The minimum absolute atomic E-state index is 0.147. The van der Waals surface area contributed by atoms with Crippen LogP contribution in [0.2, 0.25) is 0 Å². The number of aryl methyl sites for hydroxylation is 1. The number of aliphatic hydroxyl groups is 1. The Bertz CT molecular complexity index is 1020. The van der Waals surface area contributed by atoms with E-state index in [1.165, 1.54) is 12.1 Å². The number of ether oxygens (including phenoxy) is 1. The summed E-state index contributed by atoms with van der Waals surface area (Å²) in [4.78, 5) is 0. The molecule has 0 spiro atoms. The van der Waals surface area contributed by atoms with Crippen LogP contribution >= 0.6 is 0 Å². The molecule has 0 fully saturated rings. The molecule has 8 heteroatoms. The standard InChI is InChI=1S/C22H27FN2O4S/c1-15-9-10-17(23)14-18(15)19(11-12-26)24-21-25-30(27,28)20(22(2,3)29-21)13-16-7-5-4-6-8-16/h4-10,14,19-20,26H,11-13H2,1-3H3,(H,24,25)/t19-,20?/m0/s1. The SMILES string of the molecule is Cc1ccc(F)cc1[C@H](CCO)NC1=NS(=O)(=O)C(Cc2ccccc2)C(C)(C)O1. The number of halogens is 1. The molecular formula is C22H27FN2O4S. The summed E-state index contributed by atoms with van der Waals surface area (Å²) in [5, 5.41) is 11.6. The fraction of sp³-hybridized carbons (Fsp3) is 0.409. The Morgan fingerprint density at radius 1 is 1.23 bits per heavy atom. The van der Waals surface area contributed by atoms with Crippen molar-refractivity contribution in [3.8, 4) is 0 Å². The zero-order valence-electron chi connectivity index (χ0n) is 17.3. The number of rotatable bonds is 6. The molecule has 1 aliphatic rings. The molecule has 1 unspecified atom stereocenters. The first kappa shape index (κ1) is 22.2. The second-order valence-electron chi connectivity index (χ2n) is 8.01. The highest BCUT2D eigenvalue weighted by Crippen LogP contribution is 2.31. The summed E-state index contributed by atoms with van der Waals surface area (Å²) in [7, 11) is -3.88. The lowest BCUT2D eigenvalue weighted by molar-refractivity contribution is 0.0760. The molecule has 162 valence electrons. The van der Waals surface area contributed by atoms with E-state index in [2.05, 4.69) is 9.71 Å². The normalized spacial score (nSPS) is 20.7. The molecule has 2 aromatic rings. The Balaban J connectivity index is 1.90. The second-order valence-corrected chi connectivity index (χ2v) is 9.79. The molecule has 2 atom stereocenters. The highest BCUT2D eigenvalue weighted by atomic mass is 32.2. The summed E-state index contributed by atoms with van der Waals surface area (Å²) < 4.78 is 49.6. The summed E-state index contributed by atoms with van der Waals surface area (Å²) in [5.41, 5.74) is 1.25. The van der Waals surface area contributed by atoms with Crippen LogP contribution in [0.5, 0.6) is 0 Å². The van der Waals surface area contributed by atoms with Gasteiger partial charge >= 0.3 is 6.02 Å². The van der Waals surface area contributed by atoms with E-state index in [4.69, 9.17) is 4.74 Å². The molecule has 6 nitrogen and oxygen atoms in total. The van der Waals surface area contributed by atoms with Crippen LogP contribution in [0.1, 0.15) is 43.0 Å². The average molecular weight is 435 g/mol. The van der Waals surface area contributed by atoms with Crippen molar-refractivity contribution in [3.05, 3.63) is 71.0 Å². The summed E-state index contributed by atoms with van der Waals surface area (Å²) in [6.07, 6.45) is 0.511. The van der Waals surface area contributed by atoms with Gasteiger partial charge in [-0.25, -0.2) is 12.8 Å². The third-order valence-electron chi connectivity index (χ3n) is 5.30. The number of sulfonamides is 1.